The maximum Gasteiger partial charge on any atom is 0.382 e. The second kappa shape index (κ2) is 5.11. The zero-order chi connectivity index (χ0) is 12.3. The average molecular weight is 245 g/mol. The molecule has 1 unspecified atom stereocenters. The first-order valence-corrected chi connectivity index (χ1v) is 6.90. The van der Waals surface area contributed by atoms with Crippen molar-refractivity contribution < 1.29 is 9.67 Å². The highest BCUT2D eigenvalue weighted by molar-refractivity contribution is 7.52. The SMILES string of the molecule is Cc1ccccc1[P+](=O)Cc1ccccc1O. The highest BCUT2D eigenvalue weighted by Crippen LogP contribution is 2.31. The fourth-order valence-electron chi connectivity index (χ4n) is 1.73. The van der Waals surface area contributed by atoms with Crippen LogP contribution in [0.5, 0.6) is 5.75 Å². The Bertz CT molecular complexity index is 549. The van der Waals surface area contributed by atoms with E-state index in [-0.39, 0.29) is 5.75 Å². The number of hydrogen-bond acceptors (Lipinski definition) is 2. The molecule has 0 saturated carbocycles. The maximum atomic E-state index is 12.2. The molecule has 0 saturated heterocycles. The fourth-order valence-corrected chi connectivity index (χ4v) is 3.20. The van der Waals surface area contributed by atoms with E-state index in [1.165, 1.54) is 0 Å². The van der Waals surface area contributed by atoms with Crippen LogP contribution in [-0.4, -0.2) is 5.11 Å². The van der Waals surface area contributed by atoms with Crippen molar-refractivity contribution in [1.29, 1.82) is 0 Å². The van der Waals surface area contributed by atoms with Gasteiger partial charge in [0.2, 0.25) is 0 Å². The summed E-state index contributed by atoms with van der Waals surface area (Å²) < 4.78 is 12.2. The molecule has 17 heavy (non-hydrogen) atoms. The van der Waals surface area contributed by atoms with E-state index in [1.807, 2.05) is 37.3 Å². The Kier molecular flexibility index (Phi) is 3.55. The highest BCUT2D eigenvalue weighted by atomic mass is 31.1. The van der Waals surface area contributed by atoms with Gasteiger partial charge >= 0.3 is 7.80 Å². The zero-order valence-electron chi connectivity index (χ0n) is 9.63. The van der Waals surface area contributed by atoms with Crippen LogP contribution >= 0.6 is 7.80 Å². The van der Waals surface area contributed by atoms with E-state index in [0.29, 0.717) is 6.16 Å². The van der Waals surface area contributed by atoms with Crippen molar-refractivity contribution in [2.75, 3.05) is 0 Å². The largest absolute Gasteiger partial charge is 0.508 e. The molecule has 0 fully saturated rings. The minimum Gasteiger partial charge on any atom is -0.508 e. The van der Waals surface area contributed by atoms with Crippen molar-refractivity contribution in [2.24, 2.45) is 0 Å². The summed E-state index contributed by atoms with van der Waals surface area (Å²) in [6.07, 6.45) is 0.382. The molecule has 0 bridgehead atoms. The third kappa shape index (κ3) is 2.72. The lowest BCUT2D eigenvalue weighted by Gasteiger charge is -1.98. The number of phenolic OH excluding ortho intramolecular Hbond substituents is 1. The van der Waals surface area contributed by atoms with Gasteiger partial charge in [-0.1, -0.05) is 41.0 Å². The van der Waals surface area contributed by atoms with Crippen LogP contribution in [0, 0.1) is 6.92 Å². The Morgan fingerprint density at radius 1 is 1.06 bits per heavy atom. The van der Waals surface area contributed by atoms with Crippen molar-refractivity contribution >= 4 is 13.1 Å². The minimum absolute atomic E-state index is 0.212. The van der Waals surface area contributed by atoms with E-state index in [1.54, 1.807) is 18.2 Å². The third-order valence-corrected chi connectivity index (χ3v) is 4.36. The molecule has 86 valence electrons. The Balaban J connectivity index is 2.24. The van der Waals surface area contributed by atoms with Gasteiger partial charge in [-0.25, -0.2) is 0 Å². The van der Waals surface area contributed by atoms with Gasteiger partial charge in [-0.05, 0) is 19.1 Å². The average Bonchev–Trinajstić information content (AvgIpc) is 2.32. The van der Waals surface area contributed by atoms with Gasteiger partial charge in [-0.2, -0.15) is 0 Å². The van der Waals surface area contributed by atoms with Crippen LogP contribution in [0.25, 0.3) is 0 Å². The van der Waals surface area contributed by atoms with Crippen molar-refractivity contribution in [3.63, 3.8) is 0 Å². The zero-order valence-corrected chi connectivity index (χ0v) is 10.5. The van der Waals surface area contributed by atoms with Gasteiger partial charge in [0.25, 0.3) is 0 Å². The number of phenols is 1. The van der Waals surface area contributed by atoms with Gasteiger partial charge in [-0.3, -0.25) is 0 Å². The highest BCUT2D eigenvalue weighted by Gasteiger charge is 2.23. The molecule has 0 heterocycles. The Hall–Kier alpha value is -1.66. The Labute approximate surface area is 102 Å². The second-order valence-corrected chi connectivity index (χ2v) is 5.51. The number of aryl methyl sites for hydroxylation is 1. The van der Waals surface area contributed by atoms with Crippen LogP contribution in [0.2, 0.25) is 0 Å². The van der Waals surface area contributed by atoms with Gasteiger partial charge in [0.05, 0.1) is 0 Å². The van der Waals surface area contributed by atoms with Gasteiger partial charge in [0.1, 0.15) is 5.75 Å². The van der Waals surface area contributed by atoms with Crippen molar-refractivity contribution in [2.45, 2.75) is 13.1 Å². The fraction of sp³-hybridized carbons (Fsp3) is 0.143. The van der Waals surface area contributed by atoms with Crippen LogP contribution in [-0.2, 0) is 10.7 Å². The van der Waals surface area contributed by atoms with E-state index in [4.69, 9.17) is 0 Å². The molecule has 0 aliphatic heterocycles. The Morgan fingerprint density at radius 2 is 1.71 bits per heavy atom. The van der Waals surface area contributed by atoms with E-state index in [9.17, 15) is 9.67 Å². The number of rotatable bonds is 3. The Morgan fingerprint density at radius 3 is 2.41 bits per heavy atom. The predicted molar refractivity (Wildman–Crippen MR) is 70.2 cm³/mol. The van der Waals surface area contributed by atoms with Crippen molar-refractivity contribution in [3.05, 3.63) is 59.7 Å². The van der Waals surface area contributed by atoms with Gasteiger partial charge in [0, 0.05) is 11.1 Å². The van der Waals surface area contributed by atoms with Gasteiger partial charge in [-0.15, -0.1) is 0 Å². The van der Waals surface area contributed by atoms with Crippen LogP contribution < -0.4 is 5.30 Å². The predicted octanol–water partition coefficient (Wildman–Crippen LogP) is 3.35. The first kappa shape index (κ1) is 11.8. The standard InChI is InChI=1S/C14H13O2P/c1-11-6-2-5-9-14(11)17(16)10-12-7-3-4-8-13(12)15/h2-9H,10H2,1H3/p+1. The molecular formula is C14H14O2P+. The van der Waals surface area contributed by atoms with Crippen molar-refractivity contribution in [3.8, 4) is 5.75 Å². The third-order valence-electron chi connectivity index (χ3n) is 2.69. The topological polar surface area (TPSA) is 37.3 Å². The smallest absolute Gasteiger partial charge is 0.382 e. The summed E-state index contributed by atoms with van der Waals surface area (Å²) in [5, 5.41) is 10.5. The molecule has 0 aliphatic carbocycles. The van der Waals surface area contributed by atoms with Crippen LogP contribution in [0.3, 0.4) is 0 Å². The van der Waals surface area contributed by atoms with Crippen LogP contribution in [0.4, 0.5) is 0 Å². The lowest BCUT2D eigenvalue weighted by Crippen LogP contribution is -2.01. The number of hydrogen-bond donors (Lipinski definition) is 1. The molecule has 3 heteroatoms. The molecular weight excluding hydrogens is 231 g/mol. The molecule has 0 aromatic heterocycles. The summed E-state index contributed by atoms with van der Waals surface area (Å²) in [4.78, 5) is 0. The summed E-state index contributed by atoms with van der Waals surface area (Å²) in [6.45, 7) is 1.95. The second-order valence-electron chi connectivity index (χ2n) is 3.95. The summed E-state index contributed by atoms with van der Waals surface area (Å²) in [5.74, 6) is 0.212. The summed E-state index contributed by atoms with van der Waals surface area (Å²) in [7, 11) is -1.50. The molecule has 2 aromatic rings. The van der Waals surface area contributed by atoms with Crippen molar-refractivity contribution in [1.82, 2.24) is 0 Å². The molecule has 1 atom stereocenters. The molecule has 2 rings (SSSR count). The van der Waals surface area contributed by atoms with E-state index in [2.05, 4.69) is 0 Å². The number of benzene rings is 2. The first-order chi connectivity index (χ1) is 8.18. The van der Waals surface area contributed by atoms with E-state index in [0.717, 1.165) is 16.4 Å². The van der Waals surface area contributed by atoms with Crippen LogP contribution in [0.1, 0.15) is 11.1 Å². The summed E-state index contributed by atoms with van der Waals surface area (Å²) in [5.41, 5.74) is 1.76. The van der Waals surface area contributed by atoms with E-state index >= 15 is 0 Å². The molecule has 0 amide bonds. The molecule has 2 aromatic carbocycles. The lowest BCUT2D eigenvalue weighted by atomic mass is 10.2. The monoisotopic (exact) mass is 245 g/mol. The number of aromatic hydroxyl groups is 1. The first-order valence-electron chi connectivity index (χ1n) is 5.45. The quantitative estimate of drug-likeness (QED) is 0.842. The molecule has 0 radical (unpaired) electrons. The van der Waals surface area contributed by atoms with Crippen LogP contribution in [0.15, 0.2) is 48.5 Å². The molecule has 1 N–H and O–H groups in total. The summed E-state index contributed by atoms with van der Waals surface area (Å²) in [6, 6.07) is 14.7. The maximum absolute atomic E-state index is 12.2. The minimum atomic E-state index is -1.50. The lowest BCUT2D eigenvalue weighted by molar-refractivity contribution is 0.470. The van der Waals surface area contributed by atoms with Gasteiger partial charge < -0.3 is 5.11 Å². The van der Waals surface area contributed by atoms with Gasteiger partial charge in [0.15, 0.2) is 11.5 Å². The van der Waals surface area contributed by atoms with E-state index < -0.39 is 7.80 Å². The number of para-hydroxylation sites is 1. The normalized spacial score (nSPS) is 11.2. The summed E-state index contributed by atoms with van der Waals surface area (Å²) >= 11 is 0. The molecule has 0 aliphatic rings. The molecule has 0 spiro atoms. The molecule has 2 nitrogen and oxygen atoms in total.